The van der Waals surface area contributed by atoms with Crippen molar-refractivity contribution in [2.45, 2.75) is 14.7 Å². The first-order valence-corrected chi connectivity index (χ1v) is 18.7. The van der Waals surface area contributed by atoms with Crippen LogP contribution in [0.25, 0.3) is 33.1 Å². The van der Waals surface area contributed by atoms with E-state index in [-0.39, 0.29) is 9.79 Å². The molecule has 258 valence electrons. The Morgan fingerprint density at radius 3 is 1.50 bits per heavy atom. The number of anilines is 4. The Kier molecular flexibility index (Phi) is 10.1. The van der Waals surface area contributed by atoms with Gasteiger partial charge in [0.2, 0.25) is 20.0 Å². The minimum atomic E-state index is -3.57. The normalized spacial score (nSPS) is 12.2. The quantitative estimate of drug-likeness (QED) is 0.0452. The SMILES string of the molecule is CN(C)S(=O)(=O)c1ccc(Nc2ccc3c(-c4ccccc4SOO[O-])c4ccc(Nc5ccc(S(=O)(=O)N(C)C)cc5)cc4[o+]c3c2)cc1. The van der Waals surface area contributed by atoms with Crippen molar-refractivity contribution in [3.05, 3.63) is 109 Å². The number of hydrogen-bond acceptors (Lipinski definition) is 10. The number of sulfonamides is 2. The smallest absolute Gasteiger partial charge is 0.363 e. The second-order valence-electron chi connectivity index (χ2n) is 11.5. The molecule has 0 fully saturated rings. The zero-order valence-corrected chi connectivity index (χ0v) is 29.7. The summed E-state index contributed by atoms with van der Waals surface area (Å²) in [5, 5.41) is 22.5. The van der Waals surface area contributed by atoms with E-state index in [1.807, 2.05) is 60.7 Å². The van der Waals surface area contributed by atoms with E-state index in [9.17, 15) is 22.1 Å². The molecule has 0 saturated carbocycles. The predicted molar refractivity (Wildman–Crippen MR) is 193 cm³/mol. The van der Waals surface area contributed by atoms with Gasteiger partial charge in [-0.15, -0.1) is 0 Å². The standard InChI is InChI=1S/C35H32N4O8S3/c1-38(2)49(41,42)27-15-9-23(10-16-27)36-25-13-19-29-32(21-25)45-33-22-26(37-24-11-17-28(18-12-24)50(43,44)39(3)4)14-20-30(33)35(29)31-7-5-6-8-34(31)48-47-46-40/h5-22,36-37H,1-4H3. The zero-order valence-electron chi connectivity index (χ0n) is 27.3. The van der Waals surface area contributed by atoms with Gasteiger partial charge in [0, 0.05) is 61.4 Å². The highest BCUT2D eigenvalue weighted by molar-refractivity contribution is 7.94. The van der Waals surface area contributed by atoms with Crippen molar-refractivity contribution in [3.63, 3.8) is 0 Å². The van der Waals surface area contributed by atoms with E-state index in [4.69, 9.17) is 8.75 Å². The van der Waals surface area contributed by atoms with E-state index in [1.54, 1.807) is 48.5 Å². The fourth-order valence-electron chi connectivity index (χ4n) is 5.31. The Labute approximate surface area is 294 Å². The molecule has 1 aromatic heterocycles. The van der Waals surface area contributed by atoms with Crippen LogP contribution in [0.5, 0.6) is 0 Å². The summed E-state index contributed by atoms with van der Waals surface area (Å²) in [6.45, 7) is 0. The molecule has 50 heavy (non-hydrogen) atoms. The number of hydrogen-bond donors (Lipinski definition) is 2. The van der Waals surface area contributed by atoms with E-state index in [0.29, 0.717) is 38.8 Å². The van der Waals surface area contributed by atoms with Gasteiger partial charge >= 0.3 is 11.2 Å². The fourth-order valence-corrected chi connectivity index (χ4v) is 7.61. The molecule has 0 aliphatic carbocycles. The number of nitrogens with one attached hydrogen (secondary N) is 2. The lowest BCUT2D eigenvalue weighted by molar-refractivity contribution is -0.777. The summed E-state index contributed by atoms with van der Waals surface area (Å²) in [7, 11) is -1.20. The summed E-state index contributed by atoms with van der Waals surface area (Å²) >= 11 is 0.796. The van der Waals surface area contributed by atoms with Crippen molar-refractivity contribution in [2.75, 3.05) is 38.8 Å². The molecule has 0 atom stereocenters. The van der Waals surface area contributed by atoms with E-state index >= 15 is 0 Å². The Balaban J connectivity index is 1.42. The first-order chi connectivity index (χ1) is 23.9. The van der Waals surface area contributed by atoms with Crippen LogP contribution in [-0.4, -0.2) is 53.6 Å². The van der Waals surface area contributed by atoms with Crippen molar-refractivity contribution in [3.8, 4) is 11.1 Å². The summed E-state index contributed by atoms with van der Waals surface area (Å²) in [5.41, 5.74) is 5.43. The maximum Gasteiger partial charge on any atom is 0.363 e. The molecule has 0 saturated heterocycles. The number of fused-ring (bicyclic) bond motifs is 2. The highest BCUT2D eigenvalue weighted by atomic mass is 32.2. The monoisotopic (exact) mass is 732 g/mol. The third-order valence-electron chi connectivity index (χ3n) is 7.87. The Hall–Kier alpha value is -4.58. The first kappa shape index (κ1) is 35.3. The van der Waals surface area contributed by atoms with E-state index < -0.39 is 20.0 Å². The maximum atomic E-state index is 12.5. The Bertz CT molecular complexity index is 2260. The van der Waals surface area contributed by atoms with E-state index in [0.717, 1.165) is 42.6 Å². The van der Waals surface area contributed by atoms with Gasteiger partial charge in [0.15, 0.2) is 0 Å². The molecule has 1 heterocycles. The molecule has 0 amide bonds. The van der Waals surface area contributed by atoms with E-state index in [1.165, 1.54) is 28.2 Å². The predicted octanol–water partition coefficient (Wildman–Crippen LogP) is 6.75. The minimum Gasteiger partial charge on any atom is -0.691 e. The third-order valence-corrected chi connectivity index (χ3v) is 12.2. The van der Waals surface area contributed by atoms with Gasteiger partial charge in [0.25, 0.3) is 0 Å². The highest BCUT2D eigenvalue weighted by Crippen LogP contribution is 2.42. The largest absolute Gasteiger partial charge is 0.691 e. The van der Waals surface area contributed by atoms with Crippen molar-refractivity contribution >= 4 is 76.8 Å². The highest BCUT2D eigenvalue weighted by Gasteiger charge is 2.24. The van der Waals surface area contributed by atoms with Crippen LogP contribution in [0.2, 0.25) is 0 Å². The molecular weight excluding hydrogens is 701 g/mol. The summed E-state index contributed by atoms with van der Waals surface area (Å²) < 4.78 is 63.6. The van der Waals surface area contributed by atoms with E-state index in [2.05, 4.69) is 15.7 Å². The van der Waals surface area contributed by atoms with Crippen LogP contribution in [0.3, 0.4) is 0 Å². The molecule has 0 bridgehead atoms. The molecule has 6 aromatic rings. The number of nitrogens with zero attached hydrogens (tertiary/aromatic N) is 2. The maximum absolute atomic E-state index is 12.5. The van der Waals surface area contributed by atoms with Crippen molar-refractivity contribution in [1.29, 1.82) is 0 Å². The Morgan fingerprint density at radius 2 is 1.06 bits per heavy atom. The van der Waals surface area contributed by atoms with Crippen molar-refractivity contribution < 1.29 is 35.9 Å². The van der Waals surface area contributed by atoms with Gasteiger partial charge in [-0.05, 0) is 84.4 Å². The fraction of sp³-hybridized carbons (Fsp3) is 0.114. The number of rotatable bonds is 12. The average molecular weight is 733 g/mol. The summed E-state index contributed by atoms with van der Waals surface area (Å²) in [6, 6.07) is 31.7. The second-order valence-corrected chi connectivity index (χ2v) is 16.5. The lowest BCUT2D eigenvalue weighted by Crippen LogP contribution is -2.22. The van der Waals surface area contributed by atoms with Gasteiger partial charge in [0.1, 0.15) is 0 Å². The van der Waals surface area contributed by atoms with Gasteiger partial charge in [-0.2, -0.15) is 4.33 Å². The van der Waals surface area contributed by atoms with Gasteiger partial charge in [-0.3, -0.25) is 5.04 Å². The third kappa shape index (κ3) is 7.17. The molecule has 0 spiro atoms. The van der Waals surface area contributed by atoms with Gasteiger partial charge in [-0.25, -0.2) is 29.9 Å². The molecule has 12 nitrogen and oxygen atoms in total. The van der Waals surface area contributed by atoms with Gasteiger partial charge in [-0.1, -0.05) is 18.2 Å². The summed E-state index contributed by atoms with van der Waals surface area (Å²) in [5.74, 6) is 0. The molecule has 6 rings (SSSR count). The number of benzene rings is 5. The van der Waals surface area contributed by atoms with Crippen LogP contribution in [0.15, 0.2) is 128 Å². The molecule has 15 heteroatoms. The van der Waals surface area contributed by atoms with Crippen LogP contribution in [0, 0.1) is 0 Å². The first-order valence-electron chi connectivity index (χ1n) is 15.0. The average Bonchev–Trinajstić information content (AvgIpc) is 3.10. The van der Waals surface area contributed by atoms with Crippen LogP contribution in [0.4, 0.5) is 22.7 Å². The van der Waals surface area contributed by atoms with Crippen LogP contribution >= 0.6 is 12.0 Å². The summed E-state index contributed by atoms with van der Waals surface area (Å²) in [4.78, 5) is 1.00. The molecule has 2 N–H and O–H groups in total. The lowest BCUT2D eigenvalue weighted by atomic mass is 9.96. The van der Waals surface area contributed by atoms with Crippen LogP contribution < -0.4 is 15.9 Å². The van der Waals surface area contributed by atoms with Crippen LogP contribution in [0.1, 0.15) is 0 Å². The van der Waals surface area contributed by atoms with Crippen LogP contribution in [-0.2, 0) is 29.4 Å². The van der Waals surface area contributed by atoms with Crippen molar-refractivity contribution in [1.82, 2.24) is 8.61 Å². The molecule has 0 aliphatic heterocycles. The molecule has 0 unspecified atom stereocenters. The topological polar surface area (TPSA) is 152 Å². The second kappa shape index (κ2) is 14.3. The zero-order chi connectivity index (χ0) is 35.6. The Morgan fingerprint density at radius 1 is 0.620 bits per heavy atom. The molecule has 0 radical (unpaired) electrons. The molecule has 5 aromatic carbocycles. The molecular formula is C35H32N4O8S3. The lowest BCUT2D eigenvalue weighted by Gasteiger charge is -2.13. The van der Waals surface area contributed by atoms with Gasteiger partial charge in [0.05, 0.1) is 44.7 Å². The minimum absolute atomic E-state index is 0.180. The summed E-state index contributed by atoms with van der Waals surface area (Å²) in [6.07, 6.45) is 0. The van der Waals surface area contributed by atoms with Gasteiger partial charge < -0.3 is 15.9 Å². The molecule has 0 aliphatic rings. The van der Waals surface area contributed by atoms with Crippen molar-refractivity contribution in [2.24, 2.45) is 0 Å².